The maximum Gasteiger partial charge on any atom is 0.191 e. The van der Waals surface area contributed by atoms with Crippen LogP contribution in [0.25, 0.3) is 0 Å². The van der Waals surface area contributed by atoms with Crippen LogP contribution < -0.4 is 10.6 Å². The molecule has 1 aromatic rings. The molecule has 0 radical (unpaired) electrons. The zero-order valence-electron chi connectivity index (χ0n) is 16.0. The van der Waals surface area contributed by atoms with Crippen molar-refractivity contribution < 1.29 is 4.52 Å². The van der Waals surface area contributed by atoms with Gasteiger partial charge in [-0.15, -0.1) is 0 Å². The largest absolute Gasteiger partial charge is 0.361 e. The quantitative estimate of drug-likeness (QED) is 0.502. The van der Waals surface area contributed by atoms with Crippen molar-refractivity contribution in [3.8, 4) is 0 Å². The number of aryl methyl sites for hydroxylation is 2. The minimum atomic E-state index is 0.712. The second-order valence-corrected chi connectivity index (χ2v) is 7.26. The number of aromatic nitrogens is 1. The van der Waals surface area contributed by atoms with Crippen LogP contribution in [0.1, 0.15) is 56.5 Å². The van der Waals surface area contributed by atoms with Crippen molar-refractivity contribution >= 4 is 5.96 Å². The second-order valence-electron chi connectivity index (χ2n) is 7.26. The first kappa shape index (κ1) is 18.2. The third-order valence-electron chi connectivity index (χ3n) is 5.21. The molecule has 1 heterocycles. The van der Waals surface area contributed by atoms with Crippen LogP contribution in [0, 0.1) is 5.92 Å². The van der Waals surface area contributed by atoms with E-state index in [4.69, 9.17) is 4.52 Å². The van der Waals surface area contributed by atoms with E-state index in [-0.39, 0.29) is 0 Å². The van der Waals surface area contributed by atoms with E-state index in [1.807, 2.05) is 7.05 Å². The zero-order chi connectivity index (χ0) is 17.6. The highest BCUT2D eigenvalue weighted by Gasteiger charge is 2.33. The summed E-state index contributed by atoms with van der Waals surface area (Å²) in [6.07, 6.45) is 7.38. The number of hydrogen-bond acceptors (Lipinski definition) is 4. The minimum absolute atomic E-state index is 0.712. The molecule has 6 heteroatoms. The van der Waals surface area contributed by atoms with E-state index in [0.29, 0.717) is 6.54 Å². The monoisotopic (exact) mass is 347 g/mol. The van der Waals surface area contributed by atoms with Gasteiger partial charge in [-0.3, -0.25) is 9.89 Å². The Bertz CT molecular complexity index is 553. The zero-order valence-corrected chi connectivity index (χ0v) is 16.0. The van der Waals surface area contributed by atoms with E-state index >= 15 is 0 Å². The summed E-state index contributed by atoms with van der Waals surface area (Å²) in [5, 5.41) is 11.0. The third-order valence-corrected chi connectivity index (χ3v) is 5.21. The molecule has 3 rings (SSSR count). The van der Waals surface area contributed by atoms with E-state index in [0.717, 1.165) is 55.3 Å². The number of guanidine groups is 1. The molecule has 0 saturated heterocycles. The molecule has 2 N–H and O–H groups in total. The maximum atomic E-state index is 5.43. The Morgan fingerprint density at radius 2 is 2.00 bits per heavy atom. The normalized spacial score (nSPS) is 18.0. The predicted octanol–water partition coefficient (Wildman–Crippen LogP) is 2.34. The second kappa shape index (κ2) is 8.70. The molecular weight excluding hydrogens is 314 g/mol. The topological polar surface area (TPSA) is 65.7 Å². The fraction of sp³-hybridized carbons (Fsp3) is 0.789. The maximum absolute atomic E-state index is 5.43. The van der Waals surface area contributed by atoms with Crippen LogP contribution in [0.2, 0.25) is 0 Å². The van der Waals surface area contributed by atoms with Gasteiger partial charge >= 0.3 is 0 Å². The van der Waals surface area contributed by atoms with Crippen molar-refractivity contribution in [2.45, 2.75) is 65.0 Å². The van der Waals surface area contributed by atoms with E-state index in [9.17, 15) is 0 Å². The summed E-state index contributed by atoms with van der Waals surface area (Å²) in [6, 6.07) is 0.841. The Kier molecular flexibility index (Phi) is 6.34. The van der Waals surface area contributed by atoms with Crippen LogP contribution in [0.3, 0.4) is 0 Å². The van der Waals surface area contributed by atoms with Crippen molar-refractivity contribution in [2.24, 2.45) is 10.9 Å². The molecular formula is C19H33N5O. The standard InChI is InChI=1S/C19H33N5O/c1-4-17-16(18(5-2)25-23-17)12-22-19(20-3)21-10-11-24(15-8-9-15)13-14-6-7-14/h14-15H,4-13H2,1-3H3,(H2,20,21,22). The van der Waals surface area contributed by atoms with Gasteiger partial charge < -0.3 is 15.2 Å². The summed E-state index contributed by atoms with van der Waals surface area (Å²) in [5.41, 5.74) is 2.23. The van der Waals surface area contributed by atoms with Crippen molar-refractivity contribution in [2.75, 3.05) is 26.7 Å². The van der Waals surface area contributed by atoms with Gasteiger partial charge in [0.2, 0.25) is 0 Å². The van der Waals surface area contributed by atoms with Gasteiger partial charge in [0.1, 0.15) is 5.76 Å². The van der Waals surface area contributed by atoms with Gasteiger partial charge in [-0.1, -0.05) is 19.0 Å². The molecule has 0 spiro atoms. The fourth-order valence-electron chi connectivity index (χ4n) is 3.34. The smallest absolute Gasteiger partial charge is 0.191 e. The van der Waals surface area contributed by atoms with E-state index in [1.54, 1.807) is 0 Å². The molecule has 2 saturated carbocycles. The van der Waals surface area contributed by atoms with Crippen LogP contribution in [-0.4, -0.2) is 48.7 Å². The lowest BCUT2D eigenvalue weighted by Gasteiger charge is -2.22. The molecule has 0 amide bonds. The van der Waals surface area contributed by atoms with Crippen LogP contribution in [0.15, 0.2) is 9.52 Å². The van der Waals surface area contributed by atoms with Gasteiger partial charge in [-0.25, -0.2) is 0 Å². The highest BCUT2D eigenvalue weighted by molar-refractivity contribution is 5.79. The molecule has 1 aromatic heterocycles. The first-order chi connectivity index (χ1) is 12.2. The van der Waals surface area contributed by atoms with Crippen LogP contribution >= 0.6 is 0 Å². The lowest BCUT2D eigenvalue weighted by molar-refractivity contribution is 0.256. The lowest BCUT2D eigenvalue weighted by atomic mass is 10.1. The molecule has 2 aliphatic rings. The van der Waals surface area contributed by atoms with E-state index in [1.165, 1.54) is 37.8 Å². The average molecular weight is 348 g/mol. The van der Waals surface area contributed by atoms with E-state index < -0.39 is 0 Å². The highest BCUT2D eigenvalue weighted by Crippen LogP contribution is 2.34. The molecule has 0 aromatic carbocycles. The van der Waals surface area contributed by atoms with Gasteiger partial charge in [0.25, 0.3) is 0 Å². The molecule has 2 aliphatic carbocycles. The number of aliphatic imine (C=N–C) groups is 1. The van der Waals surface area contributed by atoms with Crippen molar-refractivity contribution in [3.63, 3.8) is 0 Å². The molecule has 0 bridgehead atoms. The van der Waals surface area contributed by atoms with Gasteiger partial charge in [0, 0.05) is 51.3 Å². The van der Waals surface area contributed by atoms with Crippen molar-refractivity contribution in [1.29, 1.82) is 0 Å². The average Bonchev–Trinajstić information content (AvgIpc) is 3.54. The molecule has 140 valence electrons. The number of nitrogens with one attached hydrogen (secondary N) is 2. The minimum Gasteiger partial charge on any atom is -0.361 e. The summed E-state index contributed by atoms with van der Waals surface area (Å²) in [7, 11) is 1.83. The Morgan fingerprint density at radius 1 is 1.20 bits per heavy atom. The van der Waals surface area contributed by atoms with Crippen LogP contribution in [0.5, 0.6) is 0 Å². The summed E-state index contributed by atoms with van der Waals surface area (Å²) in [5.74, 6) is 2.79. The molecule has 0 aliphatic heterocycles. The van der Waals surface area contributed by atoms with Gasteiger partial charge in [-0.05, 0) is 38.0 Å². The predicted molar refractivity (Wildman–Crippen MR) is 101 cm³/mol. The summed E-state index contributed by atoms with van der Waals surface area (Å²) >= 11 is 0. The fourth-order valence-corrected chi connectivity index (χ4v) is 3.34. The van der Waals surface area contributed by atoms with Crippen LogP contribution in [0.4, 0.5) is 0 Å². The Balaban J connectivity index is 1.44. The van der Waals surface area contributed by atoms with Gasteiger partial charge in [0.15, 0.2) is 5.96 Å². The number of nitrogens with zero attached hydrogens (tertiary/aromatic N) is 3. The lowest BCUT2D eigenvalue weighted by Crippen LogP contribution is -2.42. The SMILES string of the molecule is CCc1noc(CC)c1CNC(=NC)NCCN(CC1CC1)C1CC1. The number of hydrogen-bond donors (Lipinski definition) is 2. The third kappa shape index (κ3) is 5.21. The Hall–Kier alpha value is -1.56. The highest BCUT2D eigenvalue weighted by atomic mass is 16.5. The molecule has 2 fully saturated rings. The van der Waals surface area contributed by atoms with Gasteiger partial charge in [-0.2, -0.15) is 0 Å². The Morgan fingerprint density at radius 3 is 2.60 bits per heavy atom. The van der Waals surface area contributed by atoms with Crippen molar-refractivity contribution in [3.05, 3.63) is 17.0 Å². The summed E-state index contributed by atoms with van der Waals surface area (Å²) in [4.78, 5) is 7.02. The summed E-state index contributed by atoms with van der Waals surface area (Å²) < 4.78 is 5.43. The molecule has 0 unspecified atom stereocenters. The summed E-state index contributed by atoms with van der Waals surface area (Å²) in [6.45, 7) is 8.26. The van der Waals surface area contributed by atoms with Gasteiger partial charge in [0.05, 0.1) is 5.69 Å². The van der Waals surface area contributed by atoms with Crippen LogP contribution in [-0.2, 0) is 19.4 Å². The molecule has 0 atom stereocenters. The Labute approximate surface area is 151 Å². The van der Waals surface area contributed by atoms with E-state index in [2.05, 4.69) is 39.5 Å². The molecule has 6 nitrogen and oxygen atoms in total. The molecule has 25 heavy (non-hydrogen) atoms. The first-order valence-corrected chi connectivity index (χ1v) is 9.90. The van der Waals surface area contributed by atoms with Crippen molar-refractivity contribution in [1.82, 2.24) is 20.7 Å². The number of rotatable bonds is 10. The first-order valence-electron chi connectivity index (χ1n) is 9.90.